The lowest BCUT2D eigenvalue weighted by Gasteiger charge is -2.31. The summed E-state index contributed by atoms with van der Waals surface area (Å²) in [4.78, 5) is 8.56. The van der Waals surface area contributed by atoms with E-state index in [9.17, 15) is 45.1 Å². The molecule has 2 aliphatic rings. The molecule has 2 fully saturated rings. The fourth-order valence-electron chi connectivity index (χ4n) is 10.2. The lowest BCUT2D eigenvalue weighted by molar-refractivity contribution is -0.140. The van der Waals surface area contributed by atoms with E-state index in [-0.39, 0.29) is 59.3 Å². The highest BCUT2D eigenvalue weighted by atomic mass is 32.2. The van der Waals surface area contributed by atoms with Crippen LogP contribution in [0.3, 0.4) is 0 Å². The van der Waals surface area contributed by atoms with E-state index in [0.29, 0.717) is 82.0 Å². The molecule has 16 nitrogen and oxygen atoms in total. The van der Waals surface area contributed by atoms with Crippen molar-refractivity contribution in [1.29, 1.82) is 5.26 Å². The average Bonchev–Trinajstić information content (AvgIpc) is 4.27. The Bertz CT molecular complexity index is 3510. The van der Waals surface area contributed by atoms with Crippen molar-refractivity contribution >= 4 is 54.4 Å². The van der Waals surface area contributed by atoms with Crippen LogP contribution in [-0.2, 0) is 38.8 Å². The molecule has 0 spiro atoms. The van der Waals surface area contributed by atoms with Crippen LogP contribution < -0.4 is 30.7 Å². The minimum absolute atomic E-state index is 0.00584. The number of β-amino-alcohol motifs (C(OH)–C–C–N with tert-alkyl or cyclic N) is 1. The second-order valence-electron chi connectivity index (χ2n) is 20.9. The number of aliphatic hydroxyl groups is 1. The highest BCUT2D eigenvalue weighted by Gasteiger charge is 2.33. The largest absolute Gasteiger partial charge is 0.495 e. The van der Waals surface area contributed by atoms with Gasteiger partial charge in [-0.05, 0) is 113 Å². The Morgan fingerprint density at radius 3 is 2.01 bits per heavy atom. The van der Waals surface area contributed by atoms with Gasteiger partial charge in [-0.25, -0.2) is 8.42 Å². The van der Waals surface area contributed by atoms with Crippen LogP contribution in [0.5, 0.6) is 11.5 Å². The van der Waals surface area contributed by atoms with Crippen LogP contribution in [0.4, 0.5) is 49.1 Å². The van der Waals surface area contributed by atoms with Gasteiger partial charge in [0.05, 0.1) is 108 Å². The fraction of sp³-hybridized carbons (Fsp3) is 0.448. The zero-order valence-electron chi connectivity index (χ0n) is 45.9. The Kier molecular flexibility index (Phi) is 18.6. The summed E-state index contributed by atoms with van der Waals surface area (Å²) in [6.07, 6.45) is -6.16. The topological polar surface area (TPSA) is 183 Å². The van der Waals surface area contributed by atoms with E-state index in [2.05, 4.69) is 65.8 Å². The number of hydrogen-bond donors (Lipinski definition) is 5. The molecule has 23 heteroatoms. The van der Waals surface area contributed by atoms with Crippen LogP contribution in [0.1, 0.15) is 55.8 Å². The maximum Gasteiger partial charge on any atom is 0.406 e. The molecule has 3 aromatic carbocycles. The molecule has 5 N–H and O–H groups in total. The Morgan fingerprint density at radius 2 is 1.38 bits per heavy atom. The SMILES string of the molecule is COCC(O)CN1CCC(Nc2cccc3c2cc(C#CCNc2ccc(S(=O)(=O)Cc4ccc5c(cc(C#CCNc6cnc(C(C)(C)C#N)cc6OC)n5CC(F)(F)F)c4NC4CCN(C)CC4)cc2OC)n3CC(F)(F)F)C1. The van der Waals surface area contributed by atoms with E-state index in [0.717, 1.165) is 35.2 Å². The van der Waals surface area contributed by atoms with Gasteiger partial charge >= 0.3 is 12.4 Å². The van der Waals surface area contributed by atoms with Crippen molar-refractivity contribution in [2.24, 2.45) is 0 Å². The van der Waals surface area contributed by atoms with Gasteiger partial charge in [0.2, 0.25) is 0 Å². The number of anilines is 4. The van der Waals surface area contributed by atoms with Crippen LogP contribution in [0.2, 0.25) is 0 Å². The number of piperidine rings is 1. The Morgan fingerprint density at radius 1 is 0.765 bits per heavy atom. The number of methoxy groups -OCH3 is 3. The highest BCUT2D eigenvalue weighted by molar-refractivity contribution is 7.90. The molecular weight excluding hydrogens is 1080 g/mol. The van der Waals surface area contributed by atoms with Gasteiger partial charge < -0.3 is 54.6 Å². The Labute approximate surface area is 467 Å². The Balaban J connectivity index is 1.03. The number of ether oxygens (including phenoxy) is 3. The van der Waals surface area contributed by atoms with Gasteiger partial charge in [-0.15, -0.1) is 0 Å². The summed E-state index contributed by atoms with van der Waals surface area (Å²) in [5.41, 5.74) is 2.55. The lowest BCUT2D eigenvalue weighted by atomic mass is 9.90. The Hall–Kier alpha value is -7.33. The molecule has 8 rings (SSSR count). The zero-order chi connectivity index (χ0) is 58.3. The summed E-state index contributed by atoms with van der Waals surface area (Å²) in [7, 11) is 2.17. The van der Waals surface area contributed by atoms with Crippen LogP contribution in [0.15, 0.2) is 77.8 Å². The number of nitrogens with one attached hydrogen (secondary N) is 4. The molecule has 0 saturated carbocycles. The molecule has 81 heavy (non-hydrogen) atoms. The minimum Gasteiger partial charge on any atom is -0.495 e. The first-order chi connectivity index (χ1) is 38.5. The average molecular weight is 1150 g/mol. The molecule has 2 atom stereocenters. The van der Waals surface area contributed by atoms with Gasteiger partial charge in [0.25, 0.3) is 0 Å². The fourth-order valence-corrected chi connectivity index (χ4v) is 11.6. The van der Waals surface area contributed by atoms with Crippen molar-refractivity contribution in [2.45, 2.75) is 92.8 Å². The molecule has 0 bridgehead atoms. The number of nitriles is 1. The number of fused-ring (bicyclic) bond motifs is 2. The number of aliphatic hydroxyl groups excluding tert-OH is 1. The normalized spacial score (nSPS) is 16.1. The third-order valence-electron chi connectivity index (χ3n) is 14.4. The molecule has 2 saturated heterocycles. The summed E-state index contributed by atoms with van der Waals surface area (Å²) < 4.78 is 132. The number of sulfone groups is 1. The number of likely N-dealkylation sites (tertiary alicyclic amines) is 2. The predicted octanol–water partition coefficient (Wildman–Crippen LogP) is 8.83. The van der Waals surface area contributed by atoms with Gasteiger partial charge in [0.1, 0.15) is 24.6 Å². The van der Waals surface area contributed by atoms with Gasteiger partial charge in [-0.1, -0.05) is 24.0 Å². The number of alkyl halides is 6. The van der Waals surface area contributed by atoms with E-state index in [1.165, 1.54) is 57.9 Å². The number of rotatable bonds is 20. The second kappa shape index (κ2) is 25.2. The quantitative estimate of drug-likeness (QED) is 0.0361. The van der Waals surface area contributed by atoms with E-state index in [4.69, 9.17) is 14.2 Å². The summed E-state index contributed by atoms with van der Waals surface area (Å²) >= 11 is 0. The molecule has 432 valence electrons. The van der Waals surface area contributed by atoms with Gasteiger partial charge in [0, 0.05) is 73.1 Å². The number of halogens is 6. The van der Waals surface area contributed by atoms with E-state index < -0.39 is 52.6 Å². The summed E-state index contributed by atoms with van der Waals surface area (Å²) in [5.74, 6) is 11.7. The standard InChI is InChI=1S/C58H66F6N10O6S/c1-56(2,35-65)54-29-53(80-6)49(30-68-54)67-22-9-11-42-27-46-51(74(42)37-58(62,63)64)17-14-38(55(46)70-39-18-23-71(3)24-19-39)34-81(76,77)44-15-16-48(52(28-44)79-5)66-21-8-10-41-26-45-47(12-7-13-50(45)73(41)36-57(59,60)61)69-40-20-25-72(31-40)32-43(75)33-78-4/h7,12-17,26-30,39-40,43,66-67,69-70,75H,18-25,31-34,36-37H2,1-6H3. The van der Waals surface area contributed by atoms with Crippen molar-refractivity contribution in [3.8, 4) is 41.2 Å². The first-order valence-corrected chi connectivity index (χ1v) is 28.0. The molecular formula is C58H66F6N10O6S. The molecule has 2 unspecified atom stereocenters. The van der Waals surface area contributed by atoms with Crippen LogP contribution in [-0.4, -0.2) is 149 Å². The number of pyridine rings is 1. The van der Waals surface area contributed by atoms with Crippen molar-refractivity contribution in [1.82, 2.24) is 23.9 Å². The van der Waals surface area contributed by atoms with E-state index in [1.54, 1.807) is 44.2 Å². The van der Waals surface area contributed by atoms with Gasteiger partial charge in [-0.3, -0.25) is 9.88 Å². The monoisotopic (exact) mass is 1140 g/mol. The second-order valence-corrected chi connectivity index (χ2v) is 22.9. The number of aromatic nitrogens is 3. The maximum atomic E-state index is 14.5. The van der Waals surface area contributed by atoms with Crippen LogP contribution in [0, 0.1) is 35.0 Å². The molecule has 0 amide bonds. The smallest absolute Gasteiger partial charge is 0.406 e. The summed E-state index contributed by atoms with van der Waals surface area (Å²) in [6.45, 7) is 4.26. The van der Waals surface area contributed by atoms with Crippen molar-refractivity contribution < 1.29 is 54.1 Å². The van der Waals surface area contributed by atoms with Gasteiger partial charge in [-0.2, -0.15) is 31.6 Å². The van der Waals surface area contributed by atoms with Gasteiger partial charge in [0.15, 0.2) is 9.84 Å². The maximum absolute atomic E-state index is 14.5. The predicted molar refractivity (Wildman–Crippen MR) is 301 cm³/mol. The number of nitrogens with zero attached hydrogens (tertiary/aromatic N) is 6. The van der Waals surface area contributed by atoms with E-state index >= 15 is 0 Å². The third kappa shape index (κ3) is 15.0. The van der Waals surface area contributed by atoms with Crippen LogP contribution in [0.25, 0.3) is 21.8 Å². The van der Waals surface area contributed by atoms with E-state index in [1.807, 2.05) is 13.1 Å². The molecule has 0 radical (unpaired) electrons. The minimum atomic E-state index is -4.63. The number of hydrogen-bond acceptors (Lipinski definition) is 14. The molecule has 3 aromatic heterocycles. The third-order valence-corrected chi connectivity index (χ3v) is 16.0. The molecule has 5 heterocycles. The number of benzene rings is 3. The summed E-state index contributed by atoms with van der Waals surface area (Å²) in [6, 6.07) is 19.3. The lowest BCUT2D eigenvalue weighted by Crippen LogP contribution is -2.37. The first kappa shape index (κ1) is 59.8. The highest BCUT2D eigenvalue weighted by Crippen LogP contribution is 2.38. The molecule has 6 aromatic rings. The molecule has 0 aliphatic carbocycles. The summed E-state index contributed by atoms with van der Waals surface area (Å²) in [5, 5.41) is 33.9. The van der Waals surface area contributed by atoms with Crippen molar-refractivity contribution in [3.05, 3.63) is 95.6 Å². The first-order valence-electron chi connectivity index (χ1n) is 26.3. The van der Waals surface area contributed by atoms with Crippen molar-refractivity contribution in [2.75, 3.05) is 102 Å². The van der Waals surface area contributed by atoms with Crippen LogP contribution >= 0.6 is 0 Å². The molecule has 2 aliphatic heterocycles. The zero-order valence-corrected chi connectivity index (χ0v) is 46.7. The van der Waals surface area contributed by atoms with Crippen molar-refractivity contribution in [3.63, 3.8) is 0 Å².